The summed E-state index contributed by atoms with van der Waals surface area (Å²) < 4.78 is 1.50. The maximum absolute atomic E-state index is 5.84. The molecule has 84 valence electrons. The van der Waals surface area contributed by atoms with Crippen LogP contribution in [0.5, 0.6) is 0 Å². The van der Waals surface area contributed by atoms with Crippen molar-refractivity contribution in [3.63, 3.8) is 0 Å². The van der Waals surface area contributed by atoms with Gasteiger partial charge in [0.1, 0.15) is 0 Å². The smallest absolute Gasteiger partial charge is 0.214 e. The van der Waals surface area contributed by atoms with Gasteiger partial charge in [-0.15, -0.1) is 10.2 Å². The Kier molecular flexibility index (Phi) is 3.00. The second kappa shape index (κ2) is 4.44. The predicted octanol–water partition coefficient (Wildman–Crippen LogP) is 1.29. The standard InChI is InChI=1S/C10H13N5S/c1-2-9-13-14-10(15(9)12)16-8-6-4-3-5-7(8)11/h3-6H,2,11-12H2,1H3. The molecule has 0 aliphatic carbocycles. The Bertz CT molecular complexity index is 494. The highest BCUT2D eigenvalue weighted by Gasteiger charge is 2.10. The van der Waals surface area contributed by atoms with Gasteiger partial charge in [0.2, 0.25) is 5.16 Å². The van der Waals surface area contributed by atoms with E-state index in [0.29, 0.717) is 10.8 Å². The molecule has 0 unspecified atom stereocenters. The third-order valence-corrected chi connectivity index (χ3v) is 3.22. The molecule has 0 fully saturated rings. The maximum Gasteiger partial charge on any atom is 0.214 e. The highest BCUT2D eigenvalue weighted by Crippen LogP contribution is 2.29. The van der Waals surface area contributed by atoms with Gasteiger partial charge in [-0.2, -0.15) is 0 Å². The van der Waals surface area contributed by atoms with E-state index in [1.807, 2.05) is 31.2 Å². The minimum Gasteiger partial charge on any atom is -0.398 e. The first-order valence-electron chi connectivity index (χ1n) is 4.94. The fourth-order valence-corrected chi connectivity index (χ4v) is 2.10. The van der Waals surface area contributed by atoms with Crippen LogP contribution in [0.15, 0.2) is 34.3 Å². The van der Waals surface area contributed by atoms with Crippen LogP contribution in [0.4, 0.5) is 5.69 Å². The molecule has 0 saturated heterocycles. The second-order valence-electron chi connectivity index (χ2n) is 3.26. The van der Waals surface area contributed by atoms with Crippen molar-refractivity contribution in [3.05, 3.63) is 30.1 Å². The zero-order valence-electron chi connectivity index (χ0n) is 8.92. The average Bonchev–Trinajstić information content (AvgIpc) is 2.63. The van der Waals surface area contributed by atoms with Gasteiger partial charge in [-0.1, -0.05) is 19.1 Å². The van der Waals surface area contributed by atoms with E-state index in [9.17, 15) is 0 Å². The molecular weight excluding hydrogens is 222 g/mol. The maximum atomic E-state index is 5.84. The van der Waals surface area contributed by atoms with E-state index in [4.69, 9.17) is 11.6 Å². The number of para-hydroxylation sites is 1. The molecule has 1 aromatic heterocycles. The van der Waals surface area contributed by atoms with E-state index in [1.54, 1.807) is 0 Å². The molecule has 2 aromatic rings. The molecule has 16 heavy (non-hydrogen) atoms. The van der Waals surface area contributed by atoms with Crippen molar-refractivity contribution in [2.75, 3.05) is 11.6 Å². The molecule has 0 bridgehead atoms. The Labute approximate surface area is 97.8 Å². The van der Waals surface area contributed by atoms with E-state index in [2.05, 4.69) is 10.2 Å². The van der Waals surface area contributed by atoms with Crippen molar-refractivity contribution < 1.29 is 0 Å². The molecule has 2 rings (SSSR count). The lowest BCUT2D eigenvalue weighted by molar-refractivity contribution is 0.796. The third kappa shape index (κ3) is 1.96. The number of benzene rings is 1. The van der Waals surface area contributed by atoms with Crippen molar-refractivity contribution in [3.8, 4) is 0 Å². The van der Waals surface area contributed by atoms with Gasteiger partial charge in [0, 0.05) is 17.0 Å². The molecular formula is C10H13N5S. The zero-order valence-corrected chi connectivity index (χ0v) is 9.74. The van der Waals surface area contributed by atoms with Gasteiger partial charge < -0.3 is 11.6 Å². The average molecular weight is 235 g/mol. The quantitative estimate of drug-likeness (QED) is 0.618. The predicted molar refractivity (Wildman–Crippen MR) is 64.5 cm³/mol. The molecule has 0 spiro atoms. The monoisotopic (exact) mass is 235 g/mol. The van der Waals surface area contributed by atoms with E-state index in [1.165, 1.54) is 16.4 Å². The van der Waals surface area contributed by atoms with Gasteiger partial charge in [0.15, 0.2) is 5.82 Å². The second-order valence-corrected chi connectivity index (χ2v) is 4.27. The Morgan fingerprint density at radius 1 is 1.31 bits per heavy atom. The summed E-state index contributed by atoms with van der Waals surface area (Å²) in [6.07, 6.45) is 0.758. The Morgan fingerprint density at radius 3 is 2.69 bits per heavy atom. The minimum atomic E-state index is 0.648. The Morgan fingerprint density at radius 2 is 2.06 bits per heavy atom. The first kappa shape index (κ1) is 10.8. The molecule has 5 nitrogen and oxygen atoms in total. The molecule has 0 saturated carbocycles. The molecule has 6 heteroatoms. The van der Waals surface area contributed by atoms with Crippen LogP contribution in [-0.4, -0.2) is 14.9 Å². The van der Waals surface area contributed by atoms with Crippen molar-refractivity contribution in [1.29, 1.82) is 0 Å². The molecule has 4 N–H and O–H groups in total. The van der Waals surface area contributed by atoms with Gasteiger partial charge >= 0.3 is 0 Å². The lowest BCUT2D eigenvalue weighted by Crippen LogP contribution is -2.13. The van der Waals surface area contributed by atoms with Gasteiger partial charge in [-0.25, -0.2) is 4.68 Å². The summed E-state index contributed by atoms with van der Waals surface area (Å²) in [6.45, 7) is 1.98. The summed E-state index contributed by atoms with van der Waals surface area (Å²) in [5.74, 6) is 6.60. The summed E-state index contributed by atoms with van der Waals surface area (Å²) in [5, 5.41) is 8.65. The number of aryl methyl sites for hydroxylation is 1. The molecule has 1 aromatic carbocycles. The van der Waals surface area contributed by atoms with Crippen molar-refractivity contribution in [2.24, 2.45) is 0 Å². The number of anilines is 1. The van der Waals surface area contributed by atoms with Crippen molar-refractivity contribution in [1.82, 2.24) is 14.9 Å². The van der Waals surface area contributed by atoms with E-state index in [-0.39, 0.29) is 0 Å². The number of nitrogens with zero attached hydrogens (tertiary/aromatic N) is 3. The fourth-order valence-electron chi connectivity index (χ4n) is 1.29. The third-order valence-electron chi connectivity index (χ3n) is 2.17. The molecule has 1 heterocycles. The number of rotatable bonds is 3. The topological polar surface area (TPSA) is 82.8 Å². The van der Waals surface area contributed by atoms with Crippen LogP contribution >= 0.6 is 11.8 Å². The number of aromatic nitrogens is 3. The van der Waals surface area contributed by atoms with Crippen LogP contribution in [-0.2, 0) is 6.42 Å². The Hall–Kier alpha value is -1.69. The fraction of sp³-hybridized carbons (Fsp3) is 0.200. The minimum absolute atomic E-state index is 0.648. The van der Waals surface area contributed by atoms with Crippen molar-refractivity contribution >= 4 is 17.4 Å². The first-order valence-corrected chi connectivity index (χ1v) is 5.75. The van der Waals surface area contributed by atoms with Crippen LogP contribution in [0.1, 0.15) is 12.7 Å². The lowest BCUT2D eigenvalue weighted by Gasteiger charge is -2.04. The highest BCUT2D eigenvalue weighted by molar-refractivity contribution is 7.99. The highest BCUT2D eigenvalue weighted by atomic mass is 32.2. The normalized spacial score (nSPS) is 10.6. The Balaban J connectivity index is 2.27. The van der Waals surface area contributed by atoms with Gasteiger partial charge in [0.25, 0.3) is 0 Å². The number of nitrogens with two attached hydrogens (primary N) is 2. The summed E-state index contributed by atoms with van der Waals surface area (Å²) >= 11 is 1.42. The summed E-state index contributed by atoms with van der Waals surface area (Å²) in [7, 11) is 0. The largest absolute Gasteiger partial charge is 0.398 e. The van der Waals surface area contributed by atoms with Crippen LogP contribution in [0.3, 0.4) is 0 Å². The van der Waals surface area contributed by atoms with Crippen LogP contribution in [0.25, 0.3) is 0 Å². The van der Waals surface area contributed by atoms with Crippen LogP contribution in [0.2, 0.25) is 0 Å². The molecule has 0 amide bonds. The van der Waals surface area contributed by atoms with E-state index in [0.717, 1.165) is 17.1 Å². The van der Waals surface area contributed by atoms with Gasteiger partial charge in [-0.3, -0.25) is 0 Å². The summed E-state index contributed by atoms with van der Waals surface area (Å²) in [4.78, 5) is 0.934. The number of hydrogen-bond acceptors (Lipinski definition) is 5. The van der Waals surface area contributed by atoms with Crippen molar-refractivity contribution in [2.45, 2.75) is 23.4 Å². The van der Waals surface area contributed by atoms with Crippen LogP contribution in [0, 0.1) is 0 Å². The summed E-state index contributed by atoms with van der Waals surface area (Å²) in [5.41, 5.74) is 6.55. The zero-order chi connectivity index (χ0) is 11.5. The number of nitrogen functional groups attached to an aromatic ring is 2. The molecule has 0 aliphatic heterocycles. The SMILES string of the molecule is CCc1nnc(Sc2ccccc2N)n1N. The lowest BCUT2D eigenvalue weighted by atomic mass is 10.3. The van der Waals surface area contributed by atoms with Gasteiger partial charge in [0.05, 0.1) is 0 Å². The number of hydrogen-bond donors (Lipinski definition) is 2. The molecule has 0 aliphatic rings. The van der Waals surface area contributed by atoms with Crippen LogP contribution < -0.4 is 11.6 Å². The molecule has 0 radical (unpaired) electrons. The first-order chi connectivity index (χ1) is 7.72. The summed E-state index contributed by atoms with van der Waals surface area (Å²) in [6, 6.07) is 7.60. The molecule has 0 atom stereocenters. The van der Waals surface area contributed by atoms with E-state index >= 15 is 0 Å². The van der Waals surface area contributed by atoms with Gasteiger partial charge in [-0.05, 0) is 23.9 Å². The van der Waals surface area contributed by atoms with E-state index < -0.39 is 0 Å².